The van der Waals surface area contributed by atoms with Crippen molar-refractivity contribution in [3.8, 4) is 0 Å². The van der Waals surface area contributed by atoms with Crippen molar-refractivity contribution in [2.24, 2.45) is 12.8 Å². The number of halogens is 3. The third-order valence-corrected chi connectivity index (χ3v) is 1.96. The highest BCUT2D eigenvalue weighted by Gasteiger charge is 2.62. The molecule has 0 saturated carbocycles. The quantitative estimate of drug-likeness (QED) is 0.751. The number of hydrogen-bond acceptors (Lipinski definition) is 3. The summed E-state index contributed by atoms with van der Waals surface area (Å²) in [5.74, 6) is -2.95. The maximum atomic E-state index is 12.5. The zero-order valence-electron chi connectivity index (χ0n) is 7.62. The monoisotopic (exact) mass is 223 g/mol. The predicted molar refractivity (Wildman–Crippen MR) is 42.8 cm³/mol. The molecule has 3 N–H and O–H groups in total. The fourth-order valence-corrected chi connectivity index (χ4v) is 1.09. The van der Waals surface area contributed by atoms with E-state index in [-0.39, 0.29) is 0 Å². The first-order chi connectivity index (χ1) is 6.71. The zero-order valence-corrected chi connectivity index (χ0v) is 7.62. The predicted octanol–water partition coefficient (Wildman–Crippen LogP) is 0.221. The topological polar surface area (TPSA) is 81.1 Å². The van der Waals surface area contributed by atoms with Crippen LogP contribution in [-0.2, 0) is 17.4 Å². The number of imidazole rings is 1. The van der Waals surface area contributed by atoms with Crippen molar-refractivity contribution in [1.82, 2.24) is 9.55 Å². The maximum absolute atomic E-state index is 12.5. The van der Waals surface area contributed by atoms with E-state index < -0.39 is 23.5 Å². The SMILES string of the molecule is Cn1ccnc1C(N)(C(=O)O)C(F)(F)F. The Labute approximate surface area is 82.3 Å². The van der Waals surface area contributed by atoms with Crippen LogP contribution in [-0.4, -0.2) is 26.8 Å². The van der Waals surface area contributed by atoms with E-state index in [9.17, 15) is 18.0 Å². The first-order valence-electron chi connectivity index (χ1n) is 3.78. The van der Waals surface area contributed by atoms with Gasteiger partial charge >= 0.3 is 12.1 Å². The average molecular weight is 223 g/mol. The van der Waals surface area contributed by atoms with Gasteiger partial charge in [-0.3, -0.25) is 0 Å². The molecular formula is C7H8F3N3O2. The van der Waals surface area contributed by atoms with Gasteiger partial charge in [0.2, 0.25) is 0 Å². The number of nitrogens with zero attached hydrogens (tertiary/aromatic N) is 2. The number of carbonyl (C=O) groups is 1. The summed E-state index contributed by atoms with van der Waals surface area (Å²) in [6.07, 6.45) is -2.88. The van der Waals surface area contributed by atoms with Gasteiger partial charge in [-0.25, -0.2) is 9.78 Å². The second-order valence-electron chi connectivity index (χ2n) is 2.97. The van der Waals surface area contributed by atoms with Gasteiger partial charge in [-0.1, -0.05) is 0 Å². The van der Waals surface area contributed by atoms with Crippen LogP contribution in [0.25, 0.3) is 0 Å². The van der Waals surface area contributed by atoms with Crippen molar-refractivity contribution in [2.45, 2.75) is 11.7 Å². The number of aryl methyl sites for hydroxylation is 1. The Kier molecular flexibility index (Phi) is 2.48. The molecule has 15 heavy (non-hydrogen) atoms. The van der Waals surface area contributed by atoms with Gasteiger partial charge in [0, 0.05) is 19.4 Å². The first-order valence-corrected chi connectivity index (χ1v) is 3.78. The number of aliphatic carboxylic acids is 1. The van der Waals surface area contributed by atoms with Crippen LogP contribution in [0.3, 0.4) is 0 Å². The second kappa shape index (κ2) is 3.23. The van der Waals surface area contributed by atoms with Gasteiger partial charge in [0.15, 0.2) is 0 Å². The Morgan fingerprint density at radius 2 is 2.13 bits per heavy atom. The van der Waals surface area contributed by atoms with Crippen LogP contribution in [0.15, 0.2) is 12.4 Å². The highest BCUT2D eigenvalue weighted by atomic mass is 19.4. The summed E-state index contributed by atoms with van der Waals surface area (Å²) in [5, 5.41) is 8.57. The number of carboxylic acids is 1. The van der Waals surface area contributed by atoms with E-state index in [1.165, 1.54) is 13.2 Å². The lowest BCUT2D eigenvalue weighted by Gasteiger charge is -2.26. The van der Waals surface area contributed by atoms with E-state index in [1.807, 2.05) is 0 Å². The Bertz CT molecular complexity index is 387. The fourth-order valence-electron chi connectivity index (χ4n) is 1.09. The van der Waals surface area contributed by atoms with Crippen LogP contribution >= 0.6 is 0 Å². The zero-order chi connectivity index (χ0) is 11.9. The molecule has 8 heteroatoms. The lowest BCUT2D eigenvalue weighted by Crippen LogP contribution is -2.58. The third kappa shape index (κ3) is 1.56. The Morgan fingerprint density at radius 3 is 2.40 bits per heavy atom. The summed E-state index contributed by atoms with van der Waals surface area (Å²) in [5.41, 5.74) is 1.40. The molecule has 0 saturated heterocycles. The Hall–Kier alpha value is -1.57. The largest absolute Gasteiger partial charge is 0.479 e. The van der Waals surface area contributed by atoms with Crippen LogP contribution in [0, 0.1) is 0 Å². The van der Waals surface area contributed by atoms with Gasteiger partial charge in [-0.15, -0.1) is 0 Å². The summed E-state index contributed by atoms with van der Waals surface area (Å²) < 4.78 is 38.5. The van der Waals surface area contributed by atoms with E-state index in [2.05, 4.69) is 4.98 Å². The van der Waals surface area contributed by atoms with Crippen LogP contribution < -0.4 is 5.73 Å². The molecule has 0 aromatic carbocycles. The minimum atomic E-state index is -5.11. The third-order valence-electron chi connectivity index (χ3n) is 1.96. The summed E-state index contributed by atoms with van der Waals surface area (Å²) in [6, 6.07) is 0. The molecule has 1 aromatic rings. The molecule has 1 aromatic heterocycles. The van der Waals surface area contributed by atoms with Crippen molar-refractivity contribution in [3.05, 3.63) is 18.2 Å². The van der Waals surface area contributed by atoms with Crippen LogP contribution in [0.1, 0.15) is 5.82 Å². The van der Waals surface area contributed by atoms with E-state index in [4.69, 9.17) is 10.8 Å². The Morgan fingerprint density at radius 1 is 1.60 bits per heavy atom. The number of rotatable bonds is 2. The van der Waals surface area contributed by atoms with Crippen molar-refractivity contribution in [3.63, 3.8) is 0 Å². The van der Waals surface area contributed by atoms with Crippen LogP contribution in [0.4, 0.5) is 13.2 Å². The smallest absolute Gasteiger partial charge is 0.424 e. The summed E-state index contributed by atoms with van der Waals surface area (Å²) in [7, 11) is 1.23. The van der Waals surface area contributed by atoms with Gasteiger partial charge in [-0.05, 0) is 0 Å². The molecule has 0 bridgehead atoms. The van der Waals surface area contributed by atoms with Gasteiger partial charge in [0.05, 0.1) is 0 Å². The molecule has 1 unspecified atom stereocenters. The van der Waals surface area contributed by atoms with Gasteiger partial charge < -0.3 is 15.4 Å². The molecule has 0 radical (unpaired) electrons. The van der Waals surface area contributed by atoms with Crippen molar-refractivity contribution in [2.75, 3.05) is 0 Å². The highest BCUT2D eigenvalue weighted by Crippen LogP contribution is 2.35. The molecule has 1 atom stereocenters. The van der Waals surface area contributed by atoms with E-state index in [1.54, 1.807) is 0 Å². The number of nitrogens with two attached hydrogens (primary N) is 1. The van der Waals surface area contributed by atoms with Gasteiger partial charge in [0.25, 0.3) is 5.54 Å². The molecule has 0 aliphatic heterocycles. The fraction of sp³-hybridized carbons (Fsp3) is 0.429. The summed E-state index contributed by atoms with van der Waals surface area (Å²) in [6.45, 7) is 0. The Balaban J connectivity index is 3.39. The molecule has 0 fully saturated rings. The van der Waals surface area contributed by atoms with E-state index >= 15 is 0 Å². The second-order valence-corrected chi connectivity index (χ2v) is 2.97. The molecular weight excluding hydrogens is 215 g/mol. The number of carboxylic acid groups (broad SMARTS) is 1. The van der Waals surface area contributed by atoms with Crippen LogP contribution in [0.5, 0.6) is 0 Å². The molecule has 1 rings (SSSR count). The van der Waals surface area contributed by atoms with Crippen molar-refractivity contribution < 1.29 is 23.1 Å². The van der Waals surface area contributed by atoms with Crippen molar-refractivity contribution >= 4 is 5.97 Å². The highest BCUT2D eigenvalue weighted by molar-refractivity contribution is 5.80. The van der Waals surface area contributed by atoms with E-state index in [0.29, 0.717) is 0 Å². The first kappa shape index (κ1) is 11.5. The summed E-state index contributed by atoms with van der Waals surface area (Å²) in [4.78, 5) is 13.9. The van der Waals surface area contributed by atoms with Crippen LogP contribution in [0.2, 0.25) is 0 Å². The van der Waals surface area contributed by atoms with Gasteiger partial charge in [-0.2, -0.15) is 13.2 Å². The molecule has 0 aliphatic carbocycles. The number of hydrogen-bond donors (Lipinski definition) is 2. The molecule has 0 aliphatic rings. The number of alkyl halides is 3. The molecule has 0 amide bonds. The lowest BCUT2D eigenvalue weighted by atomic mass is 9.99. The molecule has 84 valence electrons. The molecule has 5 nitrogen and oxygen atoms in total. The normalized spacial score (nSPS) is 16.1. The molecule has 1 heterocycles. The summed E-state index contributed by atoms with van der Waals surface area (Å²) >= 11 is 0. The maximum Gasteiger partial charge on any atom is 0.424 e. The van der Waals surface area contributed by atoms with E-state index in [0.717, 1.165) is 10.8 Å². The van der Waals surface area contributed by atoms with Gasteiger partial charge in [0.1, 0.15) is 5.82 Å². The number of aromatic nitrogens is 2. The average Bonchev–Trinajstić information content (AvgIpc) is 2.47. The molecule has 0 spiro atoms. The minimum absolute atomic E-state index is 0.762. The van der Waals surface area contributed by atoms with Crippen molar-refractivity contribution in [1.29, 1.82) is 0 Å². The minimum Gasteiger partial charge on any atom is -0.479 e. The standard InChI is InChI=1S/C7H8F3N3O2/c1-13-3-2-12-4(13)6(11,5(14)15)7(8,9)10/h2-3H,11H2,1H3,(H,14,15). The lowest BCUT2D eigenvalue weighted by molar-refractivity contribution is -0.206.